The molecule has 2 bridgehead atoms. The Morgan fingerprint density at radius 1 is 1.10 bits per heavy atom. The van der Waals surface area contributed by atoms with Gasteiger partial charge in [0, 0.05) is 29.1 Å². The zero-order chi connectivity index (χ0) is 29.0. The average Bonchev–Trinajstić information content (AvgIpc) is 3.49. The Labute approximate surface area is 244 Å². The second-order valence-electron chi connectivity index (χ2n) is 11.3. The number of anilines is 1. The number of piperidine rings is 1. The van der Waals surface area contributed by atoms with Crippen molar-refractivity contribution in [1.29, 1.82) is 0 Å². The standard InChI is InChI=1S/C31H30F3N3O4S/c1-2-39-29(38)18-9-12-25-26(13-18)42-30(35-25)37-19-10-11-20(37)15-21(14-19)40-16-23-27(36-41-28(23)17-7-8-17)22-5-3-4-6-24(22)31(32,33)34/h3-6,9,12-13,17,19-21H,2,7-8,10-11,14-16H2,1H3/t19-,20+,21+. The van der Waals surface area contributed by atoms with Crippen molar-refractivity contribution in [3.63, 3.8) is 0 Å². The lowest BCUT2D eigenvalue weighted by atomic mass is 9.98. The number of carbonyl (C=O) groups is 1. The highest BCUT2D eigenvalue weighted by Crippen LogP contribution is 2.47. The van der Waals surface area contributed by atoms with Crippen LogP contribution in [0.25, 0.3) is 21.5 Å². The Balaban J connectivity index is 1.09. The van der Waals surface area contributed by atoms with Gasteiger partial charge in [0.05, 0.1) is 40.7 Å². The van der Waals surface area contributed by atoms with E-state index < -0.39 is 11.7 Å². The average molecular weight is 598 g/mol. The van der Waals surface area contributed by atoms with Crippen LogP contribution in [0.3, 0.4) is 0 Å². The summed E-state index contributed by atoms with van der Waals surface area (Å²) in [7, 11) is 0. The zero-order valence-corrected chi connectivity index (χ0v) is 23.8. The summed E-state index contributed by atoms with van der Waals surface area (Å²) in [4.78, 5) is 19.5. The fourth-order valence-corrected chi connectivity index (χ4v) is 7.57. The van der Waals surface area contributed by atoms with E-state index in [1.807, 2.05) is 12.1 Å². The van der Waals surface area contributed by atoms with E-state index in [4.69, 9.17) is 19.0 Å². The number of thiazole rings is 1. The smallest absolute Gasteiger partial charge is 0.417 e. The highest BCUT2D eigenvalue weighted by atomic mass is 32.1. The Morgan fingerprint density at radius 3 is 2.57 bits per heavy atom. The molecule has 1 saturated carbocycles. The number of rotatable bonds is 8. The maximum Gasteiger partial charge on any atom is 0.417 e. The van der Waals surface area contributed by atoms with E-state index in [-0.39, 0.29) is 47.9 Å². The monoisotopic (exact) mass is 597 g/mol. The van der Waals surface area contributed by atoms with Gasteiger partial charge in [-0.25, -0.2) is 9.78 Å². The van der Waals surface area contributed by atoms with E-state index >= 15 is 0 Å². The zero-order valence-electron chi connectivity index (χ0n) is 23.0. The third-order valence-electron chi connectivity index (χ3n) is 8.52. The minimum Gasteiger partial charge on any atom is -0.462 e. The predicted octanol–water partition coefficient (Wildman–Crippen LogP) is 7.74. The third kappa shape index (κ3) is 5.06. The van der Waals surface area contributed by atoms with Crippen LogP contribution in [-0.4, -0.2) is 40.9 Å². The molecule has 11 heteroatoms. The minimum absolute atomic E-state index is 0.0242. The first-order valence-electron chi connectivity index (χ1n) is 14.4. The molecule has 0 spiro atoms. The van der Waals surface area contributed by atoms with Gasteiger partial charge in [0.25, 0.3) is 0 Å². The van der Waals surface area contributed by atoms with Gasteiger partial charge in [-0.1, -0.05) is 34.7 Å². The van der Waals surface area contributed by atoms with Gasteiger partial charge in [-0.15, -0.1) is 0 Å². The summed E-state index contributed by atoms with van der Waals surface area (Å²) in [6.45, 7) is 2.28. The van der Waals surface area contributed by atoms with Gasteiger partial charge >= 0.3 is 12.1 Å². The van der Waals surface area contributed by atoms with Crippen LogP contribution in [0.1, 0.15) is 78.6 Å². The molecule has 2 saturated heterocycles. The van der Waals surface area contributed by atoms with E-state index in [9.17, 15) is 18.0 Å². The molecule has 42 heavy (non-hydrogen) atoms. The summed E-state index contributed by atoms with van der Waals surface area (Å²) in [5, 5.41) is 5.07. The van der Waals surface area contributed by atoms with E-state index in [1.165, 1.54) is 12.1 Å². The third-order valence-corrected chi connectivity index (χ3v) is 9.55. The van der Waals surface area contributed by atoms with Gasteiger partial charge in [0.2, 0.25) is 0 Å². The molecule has 3 atom stereocenters. The van der Waals surface area contributed by atoms with Crippen LogP contribution in [0, 0.1) is 0 Å². The van der Waals surface area contributed by atoms with Crippen molar-refractivity contribution < 1.29 is 32.0 Å². The molecule has 2 aromatic heterocycles. The number of nitrogens with zero attached hydrogens (tertiary/aromatic N) is 3. The second-order valence-corrected chi connectivity index (χ2v) is 12.3. The van der Waals surface area contributed by atoms with Gasteiger partial charge in [0.1, 0.15) is 11.5 Å². The number of esters is 1. The highest BCUT2D eigenvalue weighted by molar-refractivity contribution is 7.22. The predicted molar refractivity (Wildman–Crippen MR) is 152 cm³/mol. The number of fused-ring (bicyclic) bond motifs is 3. The lowest BCUT2D eigenvalue weighted by Crippen LogP contribution is -2.45. The Morgan fingerprint density at radius 2 is 1.86 bits per heavy atom. The normalized spacial score (nSPS) is 22.2. The van der Waals surface area contributed by atoms with Gasteiger partial charge in [-0.3, -0.25) is 0 Å². The molecule has 2 aliphatic heterocycles. The summed E-state index contributed by atoms with van der Waals surface area (Å²) in [5.41, 5.74) is 1.53. The molecule has 1 aliphatic carbocycles. The molecule has 4 heterocycles. The van der Waals surface area contributed by atoms with Crippen LogP contribution in [0.15, 0.2) is 47.0 Å². The van der Waals surface area contributed by atoms with E-state index in [0.717, 1.165) is 59.9 Å². The van der Waals surface area contributed by atoms with E-state index in [2.05, 4.69) is 10.1 Å². The van der Waals surface area contributed by atoms with Crippen molar-refractivity contribution in [1.82, 2.24) is 10.1 Å². The Hall–Kier alpha value is -3.44. The molecule has 0 radical (unpaired) electrons. The van der Waals surface area contributed by atoms with Crippen molar-refractivity contribution in [3.05, 3.63) is 64.9 Å². The highest BCUT2D eigenvalue weighted by Gasteiger charge is 2.43. The van der Waals surface area contributed by atoms with Crippen LogP contribution in [-0.2, 0) is 22.3 Å². The van der Waals surface area contributed by atoms with Gasteiger partial charge in [-0.05, 0) is 69.7 Å². The molecule has 220 valence electrons. The molecular weight excluding hydrogens is 567 g/mol. The molecule has 4 aromatic rings. The number of hydrogen-bond acceptors (Lipinski definition) is 8. The summed E-state index contributed by atoms with van der Waals surface area (Å²) in [6.07, 6.45) is 1.01. The van der Waals surface area contributed by atoms with Crippen molar-refractivity contribution in [2.24, 2.45) is 0 Å². The first-order valence-corrected chi connectivity index (χ1v) is 15.2. The number of carbonyl (C=O) groups excluding carboxylic acids is 1. The van der Waals surface area contributed by atoms with Crippen molar-refractivity contribution in [2.45, 2.75) is 82.3 Å². The lowest BCUT2D eigenvalue weighted by molar-refractivity contribution is -0.137. The summed E-state index contributed by atoms with van der Waals surface area (Å²) in [5.74, 6) is 0.499. The molecule has 7 rings (SSSR count). The maximum absolute atomic E-state index is 13.8. The minimum atomic E-state index is -4.50. The van der Waals surface area contributed by atoms with E-state index in [1.54, 1.807) is 30.4 Å². The Bertz CT molecular complexity index is 1620. The molecular formula is C31H30F3N3O4S. The fraction of sp³-hybridized carbons (Fsp3) is 0.452. The molecule has 0 unspecified atom stereocenters. The number of alkyl halides is 3. The molecule has 3 aliphatic rings. The number of aromatic nitrogens is 2. The maximum atomic E-state index is 13.8. The van der Waals surface area contributed by atoms with Crippen LogP contribution in [0.5, 0.6) is 0 Å². The van der Waals surface area contributed by atoms with E-state index in [0.29, 0.717) is 23.5 Å². The van der Waals surface area contributed by atoms with Crippen molar-refractivity contribution >= 4 is 32.7 Å². The summed E-state index contributed by atoms with van der Waals surface area (Å²) >= 11 is 1.58. The van der Waals surface area contributed by atoms with Crippen molar-refractivity contribution in [2.75, 3.05) is 11.5 Å². The molecule has 7 nitrogen and oxygen atoms in total. The number of halogens is 3. The van der Waals surface area contributed by atoms with Crippen LogP contribution in [0.2, 0.25) is 0 Å². The van der Waals surface area contributed by atoms with Gasteiger partial charge < -0.3 is 18.9 Å². The summed E-state index contributed by atoms with van der Waals surface area (Å²) in [6, 6.07) is 11.5. The first-order chi connectivity index (χ1) is 20.3. The van der Waals surface area contributed by atoms with Crippen LogP contribution >= 0.6 is 11.3 Å². The summed E-state index contributed by atoms with van der Waals surface area (Å²) < 4.78 is 59.6. The number of hydrogen-bond donors (Lipinski definition) is 0. The Kier molecular flexibility index (Phi) is 6.97. The number of benzene rings is 2. The second kappa shape index (κ2) is 10.7. The quantitative estimate of drug-likeness (QED) is 0.192. The van der Waals surface area contributed by atoms with Crippen LogP contribution < -0.4 is 4.90 Å². The van der Waals surface area contributed by atoms with Gasteiger partial charge in [0.15, 0.2) is 5.13 Å². The number of ether oxygens (including phenoxy) is 2. The van der Waals surface area contributed by atoms with Gasteiger partial charge in [-0.2, -0.15) is 13.2 Å². The topological polar surface area (TPSA) is 77.7 Å². The fourth-order valence-electron chi connectivity index (χ4n) is 6.42. The largest absolute Gasteiger partial charge is 0.462 e. The lowest BCUT2D eigenvalue weighted by Gasteiger charge is -2.38. The first kappa shape index (κ1) is 27.4. The SMILES string of the molecule is CCOC(=O)c1ccc2nc(N3[C@@H]4CC[C@H]3C[C@@H](OCc3c(-c5ccccc5C(F)(F)F)noc3C3CC3)C4)sc2c1. The molecule has 2 aromatic carbocycles. The molecule has 3 fully saturated rings. The molecule has 0 amide bonds. The molecule has 0 N–H and O–H groups in total. The van der Waals surface area contributed by atoms with Crippen LogP contribution in [0.4, 0.5) is 18.3 Å². The van der Waals surface area contributed by atoms with Crippen molar-refractivity contribution in [3.8, 4) is 11.3 Å².